The van der Waals surface area contributed by atoms with Gasteiger partial charge >= 0.3 is 0 Å². The van der Waals surface area contributed by atoms with Crippen molar-refractivity contribution in [2.75, 3.05) is 0 Å². The van der Waals surface area contributed by atoms with Gasteiger partial charge in [0.25, 0.3) is 0 Å². The van der Waals surface area contributed by atoms with Crippen molar-refractivity contribution in [1.82, 2.24) is 0 Å². The molecule has 0 aromatic carbocycles. The zero-order valence-electron chi connectivity index (χ0n) is 8.95. The van der Waals surface area contributed by atoms with Crippen LogP contribution in [0.25, 0.3) is 0 Å². The van der Waals surface area contributed by atoms with Crippen molar-refractivity contribution in [3.05, 3.63) is 0 Å². The van der Waals surface area contributed by atoms with Gasteiger partial charge in [-0.1, -0.05) is 6.42 Å². The number of rotatable bonds is 3. The highest BCUT2D eigenvalue weighted by Crippen LogP contribution is 2.51. The Balaban J connectivity index is 2.13. The molecule has 2 saturated carbocycles. The number of ketones is 2. The fourth-order valence-corrected chi connectivity index (χ4v) is 3.59. The summed E-state index contributed by atoms with van der Waals surface area (Å²) in [5.41, 5.74) is 0. The number of fused-ring (bicyclic) bond motifs is 2. The van der Waals surface area contributed by atoms with E-state index in [1.165, 1.54) is 19.3 Å². The Morgan fingerprint density at radius 2 is 1.71 bits per heavy atom. The van der Waals surface area contributed by atoms with E-state index in [1.807, 2.05) is 0 Å². The number of carbonyl (C=O) groups is 2. The summed E-state index contributed by atoms with van der Waals surface area (Å²) in [5.74, 6) is 1.73. The van der Waals surface area contributed by atoms with Gasteiger partial charge in [0.2, 0.25) is 0 Å². The molecule has 0 aromatic rings. The average molecular weight is 194 g/mol. The molecule has 78 valence electrons. The third-order valence-electron chi connectivity index (χ3n) is 4.10. The smallest absolute Gasteiger partial charge is 0.140 e. The van der Waals surface area contributed by atoms with Crippen molar-refractivity contribution in [3.8, 4) is 0 Å². The first kappa shape index (κ1) is 9.88. The van der Waals surface area contributed by atoms with Gasteiger partial charge < -0.3 is 0 Å². The number of Topliss-reactive ketones (excluding diaryl/α,β-unsaturated/α-hetero) is 2. The maximum atomic E-state index is 11.4. The van der Waals surface area contributed by atoms with E-state index in [2.05, 4.69) is 0 Å². The average Bonchev–Trinajstić information content (AvgIpc) is 2.63. The Morgan fingerprint density at radius 3 is 2.07 bits per heavy atom. The first-order valence-corrected chi connectivity index (χ1v) is 5.60. The topological polar surface area (TPSA) is 34.1 Å². The highest BCUT2D eigenvalue weighted by molar-refractivity contribution is 6.00. The summed E-state index contributed by atoms with van der Waals surface area (Å²) in [6.07, 6.45) is 4.95. The van der Waals surface area contributed by atoms with Crippen molar-refractivity contribution in [1.29, 1.82) is 0 Å². The van der Waals surface area contributed by atoms with Crippen molar-refractivity contribution in [3.63, 3.8) is 0 Å². The van der Waals surface area contributed by atoms with E-state index in [1.54, 1.807) is 13.8 Å². The van der Waals surface area contributed by atoms with Gasteiger partial charge in [-0.2, -0.15) is 0 Å². The van der Waals surface area contributed by atoms with Crippen LogP contribution in [0.2, 0.25) is 0 Å². The van der Waals surface area contributed by atoms with E-state index in [-0.39, 0.29) is 17.5 Å². The summed E-state index contributed by atoms with van der Waals surface area (Å²) in [6.45, 7) is 3.14. The molecule has 2 rings (SSSR count). The summed E-state index contributed by atoms with van der Waals surface area (Å²) < 4.78 is 0. The molecule has 0 unspecified atom stereocenters. The van der Waals surface area contributed by atoms with Gasteiger partial charge in [0.05, 0.1) is 5.92 Å². The zero-order chi connectivity index (χ0) is 10.3. The molecular weight excluding hydrogens is 176 g/mol. The fourth-order valence-electron chi connectivity index (χ4n) is 3.59. The molecule has 14 heavy (non-hydrogen) atoms. The summed E-state index contributed by atoms with van der Waals surface area (Å²) in [5, 5.41) is 0. The molecule has 0 aromatic heterocycles. The molecule has 0 saturated heterocycles. The van der Waals surface area contributed by atoms with Crippen LogP contribution >= 0.6 is 0 Å². The predicted molar refractivity (Wildman–Crippen MR) is 53.8 cm³/mol. The zero-order valence-corrected chi connectivity index (χ0v) is 8.95. The lowest BCUT2D eigenvalue weighted by atomic mass is 9.76. The molecule has 0 amide bonds. The van der Waals surface area contributed by atoms with Crippen LogP contribution in [0, 0.1) is 23.7 Å². The molecule has 2 fully saturated rings. The van der Waals surface area contributed by atoms with Crippen molar-refractivity contribution in [2.24, 2.45) is 23.7 Å². The second-order valence-electron chi connectivity index (χ2n) is 5.04. The largest absolute Gasteiger partial charge is 0.299 e. The van der Waals surface area contributed by atoms with E-state index in [0.29, 0.717) is 11.8 Å². The van der Waals surface area contributed by atoms with Gasteiger partial charge in [-0.25, -0.2) is 0 Å². The highest BCUT2D eigenvalue weighted by Gasteiger charge is 2.45. The van der Waals surface area contributed by atoms with Gasteiger partial charge in [-0.05, 0) is 50.9 Å². The van der Waals surface area contributed by atoms with Crippen LogP contribution in [-0.4, -0.2) is 11.6 Å². The maximum Gasteiger partial charge on any atom is 0.140 e. The molecule has 2 aliphatic rings. The molecule has 2 bridgehead atoms. The second-order valence-corrected chi connectivity index (χ2v) is 5.04. The molecular formula is C12H18O2. The quantitative estimate of drug-likeness (QED) is 0.645. The normalized spacial score (nSPS) is 35.2. The van der Waals surface area contributed by atoms with Crippen molar-refractivity contribution in [2.45, 2.75) is 39.5 Å². The Hall–Kier alpha value is -0.660. The maximum absolute atomic E-state index is 11.4. The van der Waals surface area contributed by atoms with E-state index >= 15 is 0 Å². The lowest BCUT2D eigenvalue weighted by Crippen LogP contribution is -2.31. The minimum absolute atomic E-state index is 0.0788. The van der Waals surface area contributed by atoms with E-state index in [9.17, 15) is 9.59 Å². The van der Waals surface area contributed by atoms with Gasteiger partial charge in [0.1, 0.15) is 11.6 Å². The van der Waals surface area contributed by atoms with Crippen LogP contribution in [0.4, 0.5) is 0 Å². The minimum Gasteiger partial charge on any atom is -0.299 e. The third kappa shape index (κ3) is 1.51. The van der Waals surface area contributed by atoms with Gasteiger partial charge in [0.15, 0.2) is 0 Å². The molecule has 3 atom stereocenters. The van der Waals surface area contributed by atoms with Gasteiger partial charge in [-0.3, -0.25) is 9.59 Å². The highest BCUT2D eigenvalue weighted by atomic mass is 16.1. The minimum atomic E-state index is -0.287. The van der Waals surface area contributed by atoms with E-state index < -0.39 is 0 Å². The predicted octanol–water partition coefficient (Wildman–Crippen LogP) is 2.22. The molecule has 0 heterocycles. The number of hydrogen-bond donors (Lipinski definition) is 0. The Morgan fingerprint density at radius 1 is 1.07 bits per heavy atom. The van der Waals surface area contributed by atoms with Gasteiger partial charge in [0, 0.05) is 0 Å². The molecule has 2 aliphatic carbocycles. The second kappa shape index (κ2) is 3.48. The monoisotopic (exact) mass is 194 g/mol. The fraction of sp³-hybridized carbons (Fsp3) is 0.833. The van der Waals surface area contributed by atoms with Crippen LogP contribution in [0.3, 0.4) is 0 Å². The SMILES string of the molecule is CC(=O)C(C(C)=O)[C@H]1C[C@@H]2CC[C@H]1C2. The number of carbonyl (C=O) groups excluding carboxylic acids is 2. The van der Waals surface area contributed by atoms with Crippen molar-refractivity contribution < 1.29 is 9.59 Å². The standard InChI is InChI=1S/C12H18O2/c1-7(13)12(8(2)14)11-6-9-3-4-10(11)5-9/h9-12H,3-6H2,1-2H3/t9-,10+,11+/m1/s1. The molecule has 0 aliphatic heterocycles. The van der Waals surface area contributed by atoms with Crippen LogP contribution in [0.5, 0.6) is 0 Å². The van der Waals surface area contributed by atoms with Gasteiger partial charge in [-0.15, -0.1) is 0 Å². The molecule has 0 N–H and O–H groups in total. The Bertz CT molecular complexity index is 255. The van der Waals surface area contributed by atoms with Crippen LogP contribution in [0.15, 0.2) is 0 Å². The summed E-state index contributed by atoms with van der Waals surface area (Å²) in [7, 11) is 0. The molecule has 2 nitrogen and oxygen atoms in total. The lowest BCUT2D eigenvalue weighted by Gasteiger charge is -2.26. The third-order valence-corrected chi connectivity index (χ3v) is 4.10. The Kier molecular flexibility index (Phi) is 2.46. The Labute approximate surface area is 85.1 Å². The summed E-state index contributed by atoms with van der Waals surface area (Å²) in [6, 6.07) is 0. The molecule has 0 spiro atoms. The molecule has 0 radical (unpaired) electrons. The van der Waals surface area contributed by atoms with Crippen LogP contribution in [0.1, 0.15) is 39.5 Å². The molecule has 2 heteroatoms. The van der Waals surface area contributed by atoms with E-state index in [4.69, 9.17) is 0 Å². The van der Waals surface area contributed by atoms with Crippen molar-refractivity contribution >= 4 is 11.6 Å². The van der Waals surface area contributed by atoms with E-state index in [0.717, 1.165) is 12.3 Å². The summed E-state index contributed by atoms with van der Waals surface area (Å²) in [4.78, 5) is 22.9. The van der Waals surface area contributed by atoms with Crippen LogP contribution < -0.4 is 0 Å². The summed E-state index contributed by atoms with van der Waals surface area (Å²) >= 11 is 0. The number of hydrogen-bond acceptors (Lipinski definition) is 2. The lowest BCUT2D eigenvalue weighted by molar-refractivity contribution is -0.133. The van der Waals surface area contributed by atoms with Crippen LogP contribution in [-0.2, 0) is 9.59 Å². The first-order chi connectivity index (χ1) is 6.59. The first-order valence-electron chi connectivity index (χ1n) is 5.60.